The summed E-state index contributed by atoms with van der Waals surface area (Å²) in [6.07, 6.45) is 4.42. The van der Waals surface area contributed by atoms with E-state index in [9.17, 15) is 23.5 Å². The molecule has 1 aliphatic carbocycles. The van der Waals surface area contributed by atoms with Crippen LogP contribution in [0, 0.1) is 17.6 Å². The fourth-order valence-corrected chi connectivity index (χ4v) is 4.62. The molecule has 1 aliphatic heterocycles. The van der Waals surface area contributed by atoms with Crippen LogP contribution in [0.15, 0.2) is 23.1 Å². The Morgan fingerprint density at radius 1 is 1.21 bits per heavy atom. The van der Waals surface area contributed by atoms with Crippen molar-refractivity contribution in [1.82, 2.24) is 4.90 Å². The number of thioether (sulfide) groups is 1. The predicted octanol–water partition coefficient (Wildman–Crippen LogP) is 3.30. The molecule has 1 heterocycles. The molecule has 1 saturated carbocycles. The van der Waals surface area contributed by atoms with Crippen molar-refractivity contribution in [3.05, 3.63) is 29.8 Å². The lowest BCUT2D eigenvalue weighted by molar-refractivity contribution is -0.148. The second-order valence-corrected chi connectivity index (χ2v) is 7.42. The van der Waals surface area contributed by atoms with Crippen molar-refractivity contribution < 1.29 is 23.5 Å². The number of carbonyl (C=O) groups is 2. The van der Waals surface area contributed by atoms with E-state index in [-0.39, 0.29) is 23.6 Å². The lowest BCUT2D eigenvalue weighted by Crippen LogP contribution is -2.47. The molecule has 3 atom stereocenters. The number of hydrogen-bond donors (Lipinski definition) is 1. The zero-order valence-corrected chi connectivity index (χ0v) is 13.9. The van der Waals surface area contributed by atoms with Crippen molar-refractivity contribution in [2.24, 2.45) is 5.92 Å². The van der Waals surface area contributed by atoms with Gasteiger partial charge in [0.15, 0.2) is 11.6 Å². The second kappa shape index (κ2) is 7.09. The van der Waals surface area contributed by atoms with Crippen LogP contribution in [-0.2, 0) is 9.59 Å². The highest BCUT2D eigenvalue weighted by Crippen LogP contribution is 2.40. The smallest absolute Gasteiger partial charge is 0.326 e. The maximum Gasteiger partial charge on any atom is 0.326 e. The number of carboxylic acids is 1. The van der Waals surface area contributed by atoms with Gasteiger partial charge in [0, 0.05) is 10.9 Å². The van der Waals surface area contributed by atoms with E-state index in [1.54, 1.807) is 0 Å². The molecule has 3 rings (SSSR count). The molecule has 130 valence electrons. The molecule has 7 heteroatoms. The summed E-state index contributed by atoms with van der Waals surface area (Å²) < 4.78 is 26.2. The minimum absolute atomic E-state index is 0.00194. The monoisotopic (exact) mass is 355 g/mol. The van der Waals surface area contributed by atoms with Crippen LogP contribution in [0.2, 0.25) is 0 Å². The number of hydrogen-bond acceptors (Lipinski definition) is 3. The Hall–Kier alpha value is -1.63. The number of carbonyl (C=O) groups excluding carboxylic acids is 1. The van der Waals surface area contributed by atoms with Crippen LogP contribution in [0.4, 0.5) is 8.78 Å². The lowest BCUT2D eigenvalue weighted by Gasteiger charge is -2.33. The minimum Gasteiger partial charge on any atom is -0.480 e. The molecule has 1 aromatic rings. The average Bonchev–Trinajstić information content (AvgIpc) is 2.95. The summed E-state index contributed by atoms with van der Waals surface area (Å²) in [6, 6.07) is 2.72. The normalized spacial score (nSPS) is 26.2. The van der Waals surface area contributed by atoms with E-state index >= 15 is 0 Å². The highest BCUT2D eigenvalue weighted by atomic mass is 32.2. The van der Waals surface area contributed by atoms with Crippen LogP contribution in [0.1, 0.15) is 32.1 Å². The number of aliphatic carboxylic acids is 1. The standard InChI is InChI=1S/C17H19F2NO3S/c18-12-6-5-11(8-13(12)19)24-9-16(21)20-14-4-2-1-3-10(14)7-15(20)17(22)23/h5-6,8,10,14-15H,1-4,7,9H2,(H,22,23). The summed E-state index contributed by atoms with van der Waals surface area (Å²) in [4.78, 5) is 26.1. The number of fused-ring (bicyclic) bond motifs is 1. The molecule has 2 aliphatic rings. The zero-order chi connectivity index (χ0) is 17.3. The molecule has 0 radical (unpaired) electrons. The van der Waals surface area contributed by atoms with Crippen LogP contribution in [0.5, 0.6) is 0 Å². The van der Waals surface area contributed by atoms with E-state index in [2.05, 4.69) is 0 Å². The Balaban J connectivity index is 1.69. The molecular weight excluding hydrogens is 336 g/mol. The first-order valence-corrected chi connectivity index (χ1v) is 9.07. The number of rotatable bonds is 4. The molecule has 2 fully saturated rings. The van der Waals surface area contributed by atoms with Gasteiger partial charge in [-0.25, -0.2) is 13.6 Å². The first-order chi connectivity index (χ1) is 11.5. The summed E-state index contributed by atoms with van der Waals surface area (Å²) in [5.74, 6) is -2.80. The quantitative estimate of drug-likeness (QED) is 0.842. The first kappa shape index (κ1) is 17.2. The van der Waals surface area contributed by atoms with Crippen LogP contribution in [-0.4, -0.2) is 39.7 Å². The Morgan fingerprint density at radius 3 is 2.67 bits per heavy atom. The molecule has 1 saturated heterocycles. The van der Waals surface area contributed by atoms with E-state index in [0.29, 0.717) is 11.3 Å². The van der Waals surface area contributed by atoms with Crippen molar-refractivity contribution in [1.29, 1.82) is 0 Å². The Bertz CT molecular complexity index is 655. The number of halogens is 2. The van der Waals surface area contributed by atoms with Crippen molar-refractivity contribution in [2.45, 2.75) is 49.1 Å². The Kier molecular flexibility index (Phi) is 5.08. The number of likely N-dealkylation sites (tertiary alicyclic amines) is 1. The van der Waals surface area contributed by atoms with Gasteiger partial charge in [-0.2, -0.15) is 0 Å². The maximum atomic E-state index is 13.2. The van der Waals surface area contributed by atoms with Crippen LogP contribution < -0.4 is 0 Å². The number of carboxylic acid groups (broad SMARTS) is 1. The first-order valence-electron chi connectivity index (χ1n) is 8.09. The van der Waals surface area contributed by atoms with Gasteiger partial charge in [-0.15, -0.1) is 11.8 Å². The summed E-state index contributed by atoms with van der Waals surface area (Å²) in [5.41, 5.74) is 0. The SMILES string of the molecule is O=C(O)C1CC2CCCCC2N1C(=O)CSc1ccc(F)c(F)c1. The van der Waals surface area contributed by atoms with Gasteiger partial charge in [-0.1, -0.05) is 12.8 Å². The largest absolute Gasteiger partial charge is 0.480 e. The summed E-state index contributed by atoms with van der Waals surface area (Å²) in [6.45, 7) is 0. The zero-order valence-electron chi connectivity index (χ0n) is 13.1. The van der Waals surface area contributed by atoms with Gasteiger partial charge in [0.25, 0.3) is 0 Å². The van der Waals surface area contributed by atoms with Crippen molar-refractivity contribution in [2.75, 3.05) is 5.75 Å². The number of nitrogens with zero attached hydrogens (tertiary/aromatic N) is 1. The minimum atomic E-state index is -0.962. The topological polar surface area (TPSA) is 57.6 Å². The third kappa shape index (κ3) is 3.41. The number of amides is 1. The van der Waals surface area contributed by atoms with Gasteiger partial charge in [-0.3, -0.25) is 4.79 Å². The van der Waals surface area contributed by atoms with E-state index in [0.717, 1.165) is 49.6 Å². The molecular formula is C17H19F2NO3S. The highest BCUT2D eigenvalue weighted by Gasteiger charge is 2.47. The molecule has 24 heavy (non-hydrogen) atoms. The lowest BCUT2D eigenvalue weighted by atomic mass is 9.85. The second-order valence-electron chi connectivity index (χ2n) is 6.37. The van der Waals surface area contributed by atoms with Crippen molar-refractivity contribution >= 4 is 23.6 Å². The van der Waals surface area contributed by atoms with E-state index < -0.39 is 23.6 Å². The van der Waals surface area contributed by atoms with Gasteiger partial charge in [0.2, 0.25) is 5.91 Å². The van der Waals surface area contributed by atoms with Gasteiger partial charge in [-0.05, 0) is 43.4 Å². The van der Waals surface area contributed by atoms with Crippen molar-refractivity contribution in [3.63, 3.8) is 0 Å². The molecule has 0 bridgehead atoms. The van der Waals surface area contributed by atoms with E-state index in [1.165, 1.54) is 11.0 Å². The van der Waals surface area contributed by atoms with Gasteiger partial charge in [0.1, 0.15) is 6.04 Å². The molecule has 4 nitrogen and oxygen atoms in total. The van der Waals surface area contributed by atoms with Gasteiger partial charge in [0.05, 0.1) is 5.75 Å². The average molecular weight is 355 g/mol. The van der Waals surface area contributed by atoms with Crippen LogP contribution in [0.25, 0.3) is 0 Å². The van der Waals surface area contributed by atoms with Crippen LogP contribution >= 0.6 is 11.8 Å². The fraction of sp³-hybridized carbons (Fsp3) is 0.529. The summed E-state index contributed by atoms with van der Waals surface area (Å²) >= 11 is 1.10. The molecule has 0 aromatic heterocycles. The molecule has 1 aromatic carbocycles. The summed E-state index contributed by atoms with van der Waals surface area (Å²) in [7, 11) is 0. The third-order valence-corrected chi connectivity index (χ3v) is 5.89. The van der Waals surface area contributed by atoms with Gasteiger partial charge < -0.3 is 10.0 Å². The van der Waals surface area contributed by atoms with Crippen LogP contribution in [0.3, 0.4) is 0 Å². The fourth-order valence-electron chi connectivity index (χ4n) is 3.83. The third-order valence-electron chi connectivity index (χ3n) is 4.91. The van der Waals surface area contributed by atoms with Gasteiger partial charge >= 0.3 is 5.97 Å². The Morgan fingerprint density at radius 2 is 1.96 bits per heavy atom. The predicted molar refractivity (Wildman–Crippen MR) is 85.7 cm³/mol. The number of benzene rings is 1. The Labute approximate surface area is 143 Å². The highest BCUT2D eigenvalue weighted by molar-refractivity contribution is 8.00. The molecule has 1 N–H and O–H groups in total. The molecule has 3 unspecified atom stereocenters. The summed E-state index contributed by atoms with van der Waals surface area (Å²) in [5, 5.41) is 9.44. The molecule has 0 spiro atoms. The maximum absolute atomic E-state index is 13.2. The van der Waals surface area contributed by atoms with Crippen molar-refractivity contribution in [3.8, 4) is 0 Å². The van der Waals surface area contributed by atoms with E-state index in [4.69, 9.17) is 0 Å². The van der Waals surface area contributed by atoms with E-state index in [1.807, 2.05) is 0 Å². The molecule has 1 amide bonds.